The second kappa shape index (κ2) is 8.60. The standard InChI is InChI=1S/C24H25ClFNO3/c1-15-22(23(29)30-24(2,3)4)20(17-8-6-9-18(25)12-17)13-21(28)27(15)14-16-7-5-10-19(26)11-16/h5-12,20H,13-14H2,1-4H3/t20-/m0/s1. The molecular weight excluding hydrogens is 405 g/mol. The molecule has 30 heavy (non-hydrogen) atoms. The summed E-state index contributed by atoms with van der Waals surface area (Å²) >= 11 is 6.16. The lowest BCUT2D eigenvalue weighted by Crippen LogP contribution is -2.39. The minimum Gasteiger partial charge on any atom is -0.457 e. The minimum absolute atomic E-state index is 0.0988. The van der Waals surface area contributed by atoms with Crippen LogP contribution in [0.3, 0.4) is 0 Å². The van der Waals surface area contributed by atoms with Crippen molar-refractivity contribution in [1.82, 2.24) is 4.90 Å². The van der Waals surface area contributed by atoms with E-state index in [1.165, 1.54) is 17.0 Å². The summed E-state index contributed by atoms with van der Waals surface area (Å²) in [6.45, 7) is 7.30. The van der Waals surface area contributed by atoms with Crippen LogP contribution in [0.25, 0.3) is 0 Å². The Labute approximate surface area is 181 Å². The summed E-state index contributed by atoms with van der Waals surface area (Å²) in [4.78, 5) is 27.7. The first-order chi connectivity index (χ1) is 14.0. The van der Waals surface area contributed by atoms with E-state index in [0.717, 1.165) is 5.56 Å². The molecule has 0 unspecified atom stereocenters. The number of nitrogens with zero attached hydrogens (tertiary/aromatic N) is 1. The van der Waals surface area contributed by atoms with E-state index in [4.69, 9.17) is 16.3 Å². The van der Waals surface area contributed by atoms with Crippen LogP contribution in [0.15, 0.2) is 59.8 Å². The summed E-state index contributed by atoms with van der Waals surface area (Å²) in [5.41, 5.74) is 1.67. The molecule has 1 aliphatic heterocycles. The Hall–Kier alpha value is -2.66. The SMILES string of the molecule is CC1=C(C(=O)OC(C)(C)C)[C@H](c2cccc(Cl)c2)CC(=O)N1Cc1cccc(F)c1. The van der Waals surface area contributed by atoms with Crippen molar-refractivity contribution in [3.8, 4) is 0 Å². The molecule has 3 rings (SSSR count). The van der Waals surface area contributed by atoms with Gasteiger partial charge < -0.3 is 9.64 Å². The van der Waals surface area contributed by atoms with Crippen LogP contribution in [-0.4, -0.2) is 22.4 Å². The molecule has 0 aromatic heterocycles. The molecule has 1 heterocycles. The number of allylic oxidation sites excluding steroid dienone is 1. The van der Waals surface area contributed by atoms with Crippen LogP contribution in [0.2, 0.25) is 5.02 Å². The second-order valence-corrected chi connectivity index (χ2v) is 8.86. The molecular formula is C24H25ClFNO3. The van der Waals surface area contributed by atoms with Crippen molar-refractivity contribution < 1.29 is 18.7 Å². The van der Waals surface area contributed by atoms with E-state index in [1.807, 2.05) is 6.07 Å². The van der Waals surface area contributed by atoms with Gasteiger partial charge in [0.2, 0.25) is 5.91 Å². The van der Waals surface area contributed by atoms with Crippen molar-refractivity contribution in [2.75, 3.05) is 0 Å². The summed E-state index contributed by atoms with van der Waals surface area (Å²) in [7, 11) is 0. The maximum absolute atomic E-state index is 13.6. The number of rotatable bonds is 4. The largest absolute Gasteiger partial charge is 0.457 e. The van der Waals surface area contributed by atoms with Gasteiger partial charge in [0.05, 0.1) is 12.1 Å². The van der Waals surface area contributed by atoms with Crippen molar-refractivity contribution in [3.63, 3.8) is 0 Å². The molecule has 2 aromatic carbocycles. The monoisotopic (exact) mass is 429 g/mol. The van der Waals surface area contributed by atoms with Gasteiger partial charge in [-0.1, -0.05) is 35.9 Å². The molecule has 158 valence electrons. The van der Waals surface area contributed by atoms with E-state index in [0.29, 0.717) is 21.9 Å². The predicted molar refractivity (Wildman–Crippen MR) is 114 cm³/mol. The molecule has 4 nitrogen and oxygen atoms in total. The lowest BCUT2D eigenvalue weighted by Gasteiger charge is -2.35. The maximum atomic E-state index is 13.6. The molecule has 0 saturated heterocycles. The maximum Gasteiger partial charge on any atom is 0.336 e. The zero-order valence-corrected chi connectivity index (χ0v) is 18.3. The molecule has 6 heteroatoms. The summed E-state index contributed by atoms with van der Waals surface area (Å²) in [5.74, 6) is -1.45. The highest BCUT2D eigenvalue weighted by molar-refractivity contribution is 6.30. The van der Waals surface area contributed by atoms with Crippen LogP contribution in [0.5, 0.6) is 0 Å². The summed E-state index contributed by atoms with van der Waals surface area (Å²) < 4.78 is 19.3. The van der Waals surface area contributed by atoms with E-state index in [2.05, 4.69) is 0 Å². The molecule has 1 amide bonds. The molecule has 0 aliphatic carbocycles. The fourth-order valence-corrected chi connectivity index (χ4v) is 3.83. The number of hydrogen-bond donors (Lipinski definition) is 0. The highest BCUT2D eigenvalue weighted by atomic mass is 35.5. The van der Waals surface area contributed by atoms with Crippen LogP contribution in [0, 0.1) is 5.82 Å². The topological polar surface area (TPSA) is 46.6 Å². The van der Waals surface area contributed by atoms with E-state index in [1.54, 1.807) is 58.0 Å². The number of carbonyl (C=O) groups is 2. The smallest absolute Gasteiger partial charge is 0.336 e. The molecule has 2 aromatic rings. The Morgan fingerprint density at radius 2 is 1.90 bits per heavy atom. The lowest BCUT2D eigenvalue weighted by molar-refractivity contribution is -0.150. The van der Waals surface area contributed by atoms with Crippen molar-refractivity contribution in [2.24, 2.45) is 0 Å². The third-order valence-corrected chi connectivity index (χ3v) is 5.16. The highest BCUT2D eigenvalue weighted by Crippen LogP contribution is 2.39. The van der Waals surface area contributed by atoms with Crippen LogP contribution >= 0.6 is 11.6 Å². The molecule has 0 spiro atoms. The van der Waals surface area contributed by atoms with Gasteiger partial charge in [-0.2, -0.15) is 0 Å². The van der Waals surface area contributed by atoms with E-state index >= 15 is 0 Å². The average molecular weight is 430 g/mol. The predicted octanol–water partition coefficient (Wildman–Crippen LogP) is 5.61. The molecule has 1 atom stereocenters. The second-order valence-electron chi connectivity index (χ2n) is 8.42. The third-order valence-electron chi connectivity index (χ3n) is 4.92. The number of halogens is 2. The summed E-state index contributed by atoms with van der Waals surface area (Å²) in [6.07, 6.45) is 0.0988. The van der Waals surface area contributed by atoms with Crippen molar-refractivity contribution >= 4 is 23.5 Å². The van der Waals surface area contributed by atoms with Crippen LogP contribution in [-0.2, 0) is 20.9 Å². The Kier molecular flexibility index (Phi) is 6.32. The van der Waals surface area contributed by atoms with Gasteiger partial charge in [0.25, 0.3) is 0 Å². The zero-order chi connectivity index (χ0) is 22.1. The van der Waals surface area contributed by atoms with E-state index < -0.39 is 17.5 Å². The number of benzene rings is 2. The molecule has 0 radical (unpaired) electrons. The highest BCUT2D eigenvalue weighted by Gasteiger charge is 2.38. The molecule has 0 N–H and O–H groups in total. The fourth-order valence-electron chi connectivity index (χ4n) is 3.63. The number of hydrogen-bond acceptors (Lipinski definition) is 3. The van der Waals surface area contributed by atoms with E-state index in [-0.39, 0.29) is 24.7 Å². The van der Waals surface area contributed by atoms with Gasteiger partial charge in [-0.3, -0.25) is 4.79 Å². The zero-order valence-electron chi connectivity index (χ0n) is 17.5. The van der Waals surface area contributed by atoms with Crippen LogP contribution in [0.1, 0.15) is 51.2 Å². The first-order valence-electron chi connectivity index (χ1n) is 9.79. The van der Waals surface area contributed by atoms with Crippen LogP contribution < -0.4 is 0 Å². The number of ether oxygens (including phenoxy) is 1. The molecule has 0 bridgehead atoms. The Bertz CT molecular complexity index is 1010. The van der Waals surface area contributed by atoms with Gasteiger partial charge in [-0.15, -0.1) is 0 Å². The van der Waals surface area contributed by atoms with Crippen molar-refractivity contribution in [2.45, 2.75) is 52.2 Å². The molecule has 0 saturated carbocycles. The number of amides is 1. The molecule has 0 fully saturated rings. The number of esters is 1. The number of carbonyl (C=O) groups excluding carboxylic acids is 2. The lowest BCUT2D eigenvalue weighted by atomic mass is 9.83. The van der Waals surface area contributed by atoms with Gasteiger partial charge in [0.1, 0.15) is 11.4 Å². The first kappa shape index (κ1) is 22.0. The van der Waals surface area contributed by atoms with Crippen molar-refractivity contribution in [1.29, 1.82) is 0 Å². The quantitative estimate of drug-likeness (QED) is 0.593. The van der Waals surface area contributed by atoms with Gasteiger partial charge >= 0.3 is 5.97 Å². The van der Waals surface area contributed by atoms with Gasteiger partial charge in [0, 0.05) is 23.1 Å². The fraction of sp³-hybridized carbons (Fsp3) is 0.333. The Morgan fingerprint density at radius 1 is 1.20 bits per heavy atom. The van der Waals surface area contributed by atoms with E-state index in [9.17, 15) is 14.0 Å². The van der Waals surface area contributed by atoms with Gasteiger partial charge in [-0.25, -0.2) is 9.18 Å². The summed E-state index contributed by atoms with van der Waals surface area (Å²) in [5, 5.41) is 0.531. The van der Waals surface area contributed by atoms with Gasteiger partial charge in [-0.05, 0) is 63.1 Å². The normalized spacial score (nSPS) is 17.3. The molecule has 1 aliphatic rings. The van der Waals surface area contributed by atoms with Crippen LogP contribution in [0.4, 0.5) is 4.39 Å². The Morgan fingerprint density at radius 3 is 2.53 bits per heavy atom. The third kappa shape index (κ3) is 5.08. The Balaban J connectivity index is 2.06. The minimum atomic E-state index is -0.682. The van der Waals surface area contributed by atoms with Gasteiger partial charge in [0.15, 0.2) is 0 Å². The average Bonchev–Trinajstić information content (AvgIpc) is 2.63. The first-order valence-corrected chi connectivity index (χ1v) is 10.2. The van der Waals surface area contributed by atoms with Crippen molar-refractivity contribution in [3.05, 3.63) is 81.8 Å². The summed E-state index contributed by atoms with van der Waals surface area (Å²) in [6, 6.07) is 13.2.